The van der Waals surface area contributed by atoms with Gasteiger partial charge in [0.15, 0.2) is 10.6 Å². The Morgan fingerprint density at radius 3 is 2.85 bits per heavy atom. The minimum absolute atomic E-state index is 0.0440. The first-order chi connectivity index (χ1) is 13.1. The van der Waals surface area contributed by atoms with E-state index in [2.05, 4.69) is 27.6 Å². The SMILES string of the molecule is O=C(Cn1c(-c2ccc(Cl)cc2)n[nH]c1=S)NC1CCCc2ccccc21. The molecule has 0 spiro atoms. The van der Waals surface area contributed by atoms with Gasteiger partial charge >= 0.3 is 0 Å². The number of hydrogen-bond acceptors (Lipinski definition) is 3. The monoisotopic (exact) mass is 398 g/mol. The van der Waals surface area contributed by atoms with Crippen LogP contribution in [0.4, 0.5) is 0 Å². The molecule has 1 atom stereocenters. The molecule has 0 radical (unpaired) electrons. The Morgan fingerprint density at radius 1 is 1.26 bits per heavy atom. The molecule has 1 unspecified atom stereocenters. The number of aromatic amines is 1. The molecule has 1 heterocycles. The number of hydrogen-bond donors (Lipinski definition) is 2. The zero-order chi connectivity index (χ0) is 18.8. The maximum absolute atomic E-state index is 12.7. The van der Waals surface area contributed by atoms with Crippen LogP contribution in [0.3, 0.4) is 0 Å². The summed E-state index contributed by atoms with van der Waals surface area (Å²) in [5, 5.41) is 10.9. The summed E-state index contributed by atoms with van der Waals surface area (Å²) in [4.78, 5) is 12.7. The minimum Gasteiger partial charge on any atom is -0.348 e. The molecule has 7 heteroatoms. The molecule has 0 saturated carbocycles. The average Bonchev–Trinajstić information content (AvgIpc) is 3.03. The first-order valence-corrected chi connectivity index (χ1v) is 9.69. The van der Waals surface area contributed by atoms with Crippen molar-refractivity contribution in [3.63, 3.8) is 0 Å². The summed E-state index contributed by atoms with van der Waals surface area (Å²) >= 11 is 11.3. The summed E-state index contributed by atoms with van der Waals surface area (Å²) in [5.41, 5.74) is 3.38. The van der Waals surface area contributed by atoms with Crippen molar-refractivity contribution in [2.45, 2.75) is 31.8 Å². The number of fused-ring (bicyclic) bond motifs is 1. The van der Waals surface area contributed by atoms with Crippen molar-refractivity contribution < 1.29 is 4.79 Å². The summed E-state index contributed by atoms with van der Waals surface area (Å²) in [6.07, 6.45) is 3.09. The van der Waals surface area contributed by atoms with Crippen LogP contribution in [-0.4, -0.2) is 20.7 Å². The lowest BCUT2D eigenvalue weighted by molar-refractivity contribution is -0.122. The number of amides is 1. The van der Waals surface area contributed by atoms with E-state index in [9.17, 15) is 4.79 Å². The van der Waals surface area contributed by atoms with Gasteiger partial charge in [-0.1, -0.05) is 35.9 Å². The van der Waals surface area contributed by atoms with Crippen LogP contribution < -0.4 is 5.32 Å². The molecule has 2 aromatic carbocycles. The molecule has 0 bridgehead atoms. The third-order valence-corrected chi connectivity index (χ3v) is 5.43. The fourth-order valence-corrected chi connectivity index (χ4v) is 3.89. The number of carbonyl (C=O) groups excluding carboxylic acids is 1. The molecular weight excluding hydrogens is 380 g/mol. The Bertz CT molecular complexity index is 1020. The number of aromatic nitrogens is 3. The summed E-state index contributed by atoms with van der Waals surface area (Å²) in [6, 6.07) is 15.7. The molecule has 0 aliphatic heterocycles. The number of aryl methyl sites for hydroxylation is 1. The zero-order valence-corrected chi connectivity index (χ0v) is 16.2. The van der Waals surface area contributed by atoms with Crippen molar-refractivity contribution in [1.82, 2.24) is 20.1 Å². The topological polar surface area (TPSA) is 62.7 Å². The van der Waals surface area contributed by atoms with Crippen LogP contribution in [0, 0.1) is 4.77 Å². The van der Waals surface area contributed by atoms with Crippen molar-refractivity contribution in [3.05, 3.63) is 69.5 Å². The lowest BCUT2D eigenvalue weighted by Crippen LogP contribution is -2.33. The van der Waals surface area contributed by atoms with E-state index in [-0.39, 0.29) is 18.5 Å². The number of halogens is 1. The Labute approximate surface area is 167 Å². The van der Waals surface area contributed by atoms with Crippen molar-refractivity contribution in [3.8, 4) is 11.4 Å². The van der Waals surface area contributed by atoms with E-state index in [0.29, 0.717) is 15.6 Å². The number of nitrogens with one attached hydrogen (secondary N) is 2. The highest BCUT2D eigenvalue weighted by Gasteiger charge is 2.22. The highest BCUT2D eigenvalue weighted by Crippen LogP contribution is 2.29. The highest BCUT2D eigenvalue weighted by atomic mass is 35.5. The van der Waals surface area contributed by atoms with Gasteiger partial charge in [0.2, 0.25) is 5.91 Å². The van der Waals surface area contributed by atoms with Gasteiger partial charge < -0.3 is 5.32 Å². The van der Waals surface area contributed by atoms with Crippen LogP contribution in [0.5, 0.6) is 0 Å². The second-order valence-electron chi connectivity index (χ2n) is 6.66. The van der Waals surface area contributed by atoms with Gasteiger partial charge in [-0.2, -0.15) is 5.10 Å². The molecule has 1 aromatic heterocycles. The summed E-state index contributed by atoms with van der Waals surface area (Å²) in [5.74, 6) is 0.542. The molecule has 1 aliphatic carbocycles. The summed E-state index contributed by atoms with van der Waals surface area (Å²) in [6.45, 7) is 0.117. The van der Waals surface area contributed by atoms with Gasteiger partial charge in [0.25, 0.3) is 0 Å². The van der Waals surface area contributed by atoms with E-state index in [1.807, 2.05) is 24.3 Å². The molecular formula is C20H19ClN4OS. The van der Waals surface area contributed by atoms with Crippen LogP contribution in [0.15, 0.2) is 48.5 Å². The quantitative estimate of drug-likeness (QED) is 0.638. The van der Waals surface area contributed by atoms with Gasteiger partial charge in [0.05, 0.1) is 6.04 Å². The van der Waals surface area contributed by atoms with E-state index in [1.54, 1.807) is 16.7 Å². The van der Waals surface area contributed by atoms with E-state index < -0.39 is 0 Å². The number of H-pyrrole nitrogens is 1. The molecule has 138 valence electrons. The van der Waals surface area contributed by atoms with Crippen molar-refractivity contribution >= 4 is 29.7 Å². The van der Waals surface area contributed by atoms with Gasteiger partial charge in [0.1, 0.15) is 6.54 Å². The minimum atomic E-state index is -0.0792. The van der Waals surface area contributed by atoms with E-state index in [4.69, 9.17) is 23.8 Å². The van der Waals surface area contributed by atoms with Crippen molar-refractivity contribution in [2.75, 3.05) is 0 Å². The third kappa shape index (κ3) is 3.82. The van der Waals surface area contributed by atoms with E-state index in [1.165, 1.54) is 11.1 Å². The molecule has 3 aromatic rings. The molecule has 1 amide bonds. The van der Waals surface area contributed by atoms with Crippen molar-refractivity contribution in [1.29, 1.82) is 0 Å². The van der Waals surface area contributed by atoms with Crippen LogP contribution >= 0.6 is 23.8 Å². The molecule has 1 aliphatic rings. The average molecular weight is 399 g/mol. The molecule has 5 nitrogen and oxygen atoms in total. The maximum Gasteiger partial charge on any atom is 0.240 e. The van der Waals surface area contributed by atoms with E-state index >= 15 is 0 Å². The molecule has 0 fully saturated rings. The molecule has 27 heavy (non-hydrogen) atoms. The number of carbonyl (C=O) groups is 1. The fraction of sp³-hybridized carbons (Fsp3) is 0.250. The third-order valence-electron chi connectivity index (χ3n) is 4.87. The van der Waals surface area contributed by atoms with Crippen LogP contribution in [0.1, 0.15) is 30.0 Å². The second kappa shape index (κ2) is 7.66. The number of rotatable bonds is 4. The summed E-state index contributed by atoms with van der Waals surface area (Å²) in [7, 11) is 0. The Balaban J connectivity index is 1.54. The Morgan fingerprint density at radius 2 is 2.04 bits per heavy atom. The lowest BCUT2D eigenvalue weighted by atomic mass is 9.88. The Hall–Kier alpha value is -2.44. The number of benzene rings is 2. The molecule has 0 saturated heterocycles. The predicted octanol–water partition coefficient (Wildman–Crippen LogP) is 4.45. The lowest BCUT2D eigenvalue weighted by Gasteiger charge is -2.26. The Kier molecular flexibility index (Phi) is 5.09. The van der Waals surface area contributed by atoms with Gasteiger partial charge in [-0.05, 0) is 66.9 Å². The maximum atomic E-state index is 12.7. The van der Waals surface area contributed by atoms with E-state index in [0.717, 1.165) is 24.8 Å². The zero-order valence-electron chi connectivity index (χ0n) is 14.6. The van der Waals surface area contributed by atoms with Crippen LogP contribution in [0.2, 0.25) is 5.02 Å². The normalized spacial score (nSPS) is 16.0. The van der Waals surface area contributed by atoms with Gasteiger partial charge in [0, 0.05) is 10.6 Å². The van der Waals surface area contributed by atoms with Gasteiger partial charge in [-0.15, -0.1) is 0 Å². The van der Waals surface area contributed by atoms with Crippen LogP contribution in [-0.2, 0) is 17.8 Å². The van der Waals surface area contributed by atoms with Gasteiger partial charge in [-0.3, -0.25) is 14.5 Å². The van der Waals surface area contributed by atoms with Gasteiger partial charge in [-0.25, -0.2) is 0 Å². The molecule has 2 N–H and O–H groups in total. The smallest absolute Gasteiger partial charge is 0.240 e. The first-order valence-electron chi connectivity index (χ1n) is 8.90. The predicted molar refractivity (Wildman–Crippen MR) is 108 cm³/mol. The second-order valence-corrected chi connectivity index (χ2v) is 7.48. The first kappa shape index (κ1) is 17.9. The highest BCUT2D eigenvalue weighted by molar-refractivity contribution is 7.71. The van der Waals surface area contributed by atoms with Crippen LogP contribution in [0.25, 0.3) is 11.4 Å². The standard InChI is InChI=1S/C20H19ClN4OS/c21-15-10-8-14(9-11-15)19-23-24-20(27)25(19)12-18(26)22-17-7-3-5-13-4-1-2-6-16(13)17/h1-2,4,6,8-11,17H,3,5,7,12H2,(H,22,26)(H,24,27). The molecule has 4 rings (SSSR count). The fourth-order valence-electron chi connectivity index (χ4n) is 3.57. The largest absolute Gasteiger partial charge is 0.348 e. The number of nitrogens with zero attached hydrogens (tertiary/aromatic N) is 2. The van der Waals surface area contributed by atoms with Crippen molar-refractivity contribution in [2.24, 2.45) is 0 Å². The summed E-state index contributed by atoms with van der Waals surface area (Å²) < 4.78 is 2.13.